The van der Waals surface area contributed by atoms with E-state index in [-0.39, 0.29) is 5.41 Å². The van der Waals surface area contributed by atoms with Crippen LogP contribution in [0, 0.1) is 0 Å². The highest BCUT2D eigenvalue weighted by atomic mass is 16.3. The molecule has 1 aromatic heterocycles. The molecule has 262 valence electrons. The first-order chi connectivity index (χ1) is 27.5. The van der Waals surface area contributed by atoms with E-state index in [0.717, 1.165) is 16.6 Å². The van der Waals surface area contributed by atoms with E-state index < -0.39 is 0 Å². The monoisotopic (exact) mass is 712 g/mol. The van der Waals surface area contributed by atoms with Gasteiger partial charge in [-0.15, -0.1) is 0 Å². The molecule has 0 spiro atoms. The van der Waals surface area contributed by atoms with Crippen molar-refractivity contribution in [2.24, 2.45) is 0 Å². The molecular weight excluding hydrogens is 677 g/mol. The topological polar surface area (TPSA) is 13.1 Å². The molecular formula is C55H36O. The summed E-state index contributed by atoms with van der Waals surface area (Å²) in [5, 5.41) is 12.5. The van der Waals surface area contributed by atoms with E-state index in [1.54, 1.807) is 0 Å². The van der Waals surface area contributed by atoms with Crippen LogP contribution in [0.1, 0.15) is 25.0 Å². The lowest BCUT2D eigenvalue weighted by Crippen LogP contribution is -2.14. The number of fused-ring (bicyclic) bond motifs is 11. The second-order valence-electron chi connectivity index (χ2n) is 16.0. The molecule has 10 aromatic carbocycles. The van der Waals surface area contributed by atoms with Crippen LogP contribution in [0.2, 0.25) is 0 Å². The van der Waals surface area contributed by atoms with Gasteiger partial charge in [-0.1, -0.05) is 166 Å². The van der Waals surface area contributed by atoms with Gasteiger partial charge >= 0.3 is 0 Å². The summed E-state index contributed by atoms with van der Waals surface area (Å²) in [5.41, 5.74) is 14.5. The average molecular weight is 713 g/mol. The Balaban J connectivity index is 1.03. The zero-order valence-corrected chi connectivity index (χ0v) is 31.2. The zero-order valence-electron chi connectivity index (χ0n) is 31.2. The second kappa shape index (κ2) is 11.5. The predicted octanol–water partition coefficient (Wildman–Crippen LogP) is 15.5. The summed E-state index contributed by atoms with van der Waals surface area (Å²) in [5.74, 6) is 0. The minimum atomic E-state index is -0.118. The van der Waals surface area contributed by atoms with Crippen LogP contribution in [0.5, 0.6) is 0 Å². The van der Waals surface area contributed by atoms with E-state index in [9.17, 15) is 0 Å². The molecule has 12 rings (SSSR count). The van der Waals surface area contributed by atoms with Crippen LogP contribution in [0.3, 0.4) is 0 Å². The lowest BCUT2D eigenvalue weighted by molar-refractivity contribution is 0.658. The van der Waals surface area contributed by atoms with Crippen molar-refractivity contribution >= 4 is 65.0 Å². The van der Waals surface area contributed by atoms with Gasteiger partial charge in [-0.2, -0.15) is 0 Å². The van der Waals surface area contributed by atoms with Gasteiger partial charge in [0.15, 0.2) is 0 Å². The third-order valence-electron chi connectivity index (χ3n) is 12.6. The Labute approximate surface area is 325 Å². The van der Waals surface area contributed by atoms with Gasteiger partial charge in [0.2, 0.25) is 0 Å². The van der Waals surface area contributed by atoms with Crippen LogP contribution < -0.4 is 0 Å². The van der Waals surface area contributed by atoms with Crippen molar-refractivity contribution in [3.05, 3.63) is 193 Å². The first-order valence-electron chi connectivity index (χ1n) is 19.6. The van der Waals surface area contributed by atoms with Crippen molar-refractivity contribution < 1.29 is 4.42 Å². The maximum Gasteiger partial charge on any atom is 0.136 e. The molecule has 1 aliphatic carbocycles. The molecule has 0 aliphatic heterocycles. The third-order valence-corrected chi connectivity index (χ3v) is 12.6. The van der Waals surface area contributed by atoms with Gasteiger partial charge in [0.25, 0.3) is 0 Å². The fourth-order valence-electron chi connectivity index (χ4n) is 9.98. The van der Waals surface area contributed by atoms with Crippen LogP contribution in [0.4, 0.5) is 0 Å². The van der Waals surface area contributed by atoms with Crippen molar-refractivity contribution in [1.82, 2.24) is 0 Å². The fourth-order valence-corrected chi connectivity index (χ4v) is 9.98. The van der Waals surface area contributed by atoms with E-state index in [4.69, 9.17) is 4.42 Å². The Morgan fingerprint density at radius 1 is 0.321 bits per heavy atom. The van der Waals surface area contributed by atoms with Gasteiger partial charge < -0.3 is 4.42 Å². The van der Waals surface area contributed by atoms with Gasteiger partial charge in [-0.25, -0.2) is 0 Å². The fraction of sp³-hybridized carbons (Fsp3) is 0.0545. The van der Waals surface area contributed by atoms with E-state index in [1.165, 1.54) is 104 Å². The van der Waals surface area contributed by atoms with Gasteiger partial charge in [0.05, 0.1) is 0 Å². The molecule has 1 heterocycles. The van der Waals surface area contributed by atoms with Crippen LogP contribution >= 0.6 is 0 Å². The molecule has 0 atom stereocenters. The molecule has 0 N–H and O–H groups in total. The summed E-state index contributed by atoms with van der Waals surface area (Å²) in [7, 11) is 0. The van der Waals surface area contributed by atoms with Crippen molar-refractivity contribution in [3.63, 3.8) is 0 Å². The highest BCUT2D eigenvalue weighted by Gasteiger charge is 2.37. The summed E-state index contributed by atoms with van der Waals surface area (Å²) in [4.78, 5) is 0. The largest absolute Gasteiger partial charge is 0.456 e. The molecule has 56 heavy (non-hydrogen) atoms. The molecule has 1 heteroatoms. The van der Waals surface area contributed by atoms with E-state index in [0.29, 0.717) is 0 Å². The minimum absolute atomic E-state index is 0.118. The van der Waals surface area contributed by atoms with E-state index in [2.05, 4.69) is 196 Å². The molecule has 0 unspecified atom stereocenters. The van der Waals surface area contributed by atoms with Gasteiger partial charge in [0.1, 0.15) is 11.2 Å². The lowest BCUT2D eigenvalue weighted by atomic mass is 9.81. The molecule has 1 aliphatic rings. The van der Waals surface area contributed by atoms with Crippen molar-refractivity contribution in [2.75, 3.05) is 0 Å². The predicted molar refractivity (Wildman–Crippen MR) is 238 cm³/mol. The average Bonchev–Trinajstić information content (AvgIpc) is 3.72. The van der Waals surface area contributed by atoms with Crippen molar-refractivity contribution in [2.45, 2.75) is 19.3 Å². The first kappa shape index (κ1) is 31.4. The van der Waals surface area contributed by atoms with Crippen LogP contribution in [0.15, 0.2) is 186 Å². The van der Waals surface area contributed by atoms with E-state index in [1.807, 2.05) is 0 Å². The summed E-state index contributed by atoms with van der Waals surface area (Å²) >= 11 is 0. The Hall–Kier alpha value is -6.96. The van der Waals surface area contributed by atoms with Crippen LogP contribution in [0.25, 0.3) is 110 Å². The number of rotatable bonds is 3. The standard InChI is InChI=1S/C55H36O/c1-55(2)48-27-25-34-14-4-6-19-39(34)54(48)47-32-51-46(31-49(47)55)45-30-36(26-28-50(45)56-51)35-16-11-17-37(29-35)52-41-20-7-9-22-43(41)53(44-23-10-8-21-42(44)52)40-24-12-15-33-13-3-5-18-38(33)40/h3-32H,1-2H3. The first-order valence-corrected chi connectivity index (χ1v) is 19.6. The van der Waals surface area contributed by atoms with Gasteiger partial charge in [-0.3, -0.25) is 0 Å². The highest BCUT2D eigenvalue weighted by Crippen LogP contribution is 2.53. The second-order valence-corrected chi connectivity index (χ2v) is 16.0. The quantitative estimate of drug-likeness (QED) is 0.166. The summed E-state index contributed by atoms with van der Waals surface area (Å²) in [6.45, 7) is 4.72. The SMILES string of the molecule is CC1(C)c2cc3c(cc2-c2c1ccc1ccccc21)oc1ccc(-c2cccc(-c4c5ccccc5c(-c5cccc6ccccc56)c5ccccc45)c2)cc13. The summed E-state index contributed by atoms with van der Waals surface area (Å²) in [6, 6.07) is 67.1. The molecule has 0 saturated carbocycles. The Bertz CT molecular complexity index is 3390. The Morgan fingerprint density at radius 2 is 0.893 bits per heavy atom. The van der Waals surface area contributed by atoms with Crippen LogP contribution in [-0.2, 0) is 5.41 Å². The van der Waals surface area contributed by atoms with E-state index >= 15 is 0 Å². The molecule has 0 amide bonds. The maximum absolute atomic E-state index is 6.63. The van der Waals surface area contributed by atoms with Crippen molar-refractivity contribution in [1.29, 1.82) is 0 Å². The summed E-state index contributed by atoms with van der Waals surface area (Å²) in [6.07, 6.45) is 0. The highest BCUT2D eigenvalue weighted by molar-refractivity contribution is 6.23. The third kappa shape index (κ3) is 4.37. The number of hydrogen-bond donors (Lipinski definition) is 0. The number of benzene rings is 10. The summed E-state index contributed by atoms with van der Waals surface area (Å²) < 4.78 is 6.63. The van der Waals surface area contributed by atoms with Crippen molar-refractivity contribution in [3.8, 4) is 44.5 Å². The number of hydrogen-bond acceptors (Lipinski definition) is 1. The maximum atomic E-state index is 6.63. The van der Waals surface area contributed by atoms with Crippen LogP contribution in [-0.4, -0.2) is 0 Å². The van der Waals surface area contributed by atoms with Gasteiger partial charge in [-0.05, 0) is 129 Å². The molecule has 0 radical (unpaired) electrons. The molecule has 0 fully saturated rings. The Kier molecular flexibility index (Phi) is 6.46. The Morgan fingerprint density at radius 3 is 1.64 bits per heavy atom. The smallest absolute Gasteiger partial charge is 0.136 e. The molecule has 11 aromatic rings. The number of furan rings is 1. The minimum Gasteiger partial charge on any atom is -0.456 e. The van der Waals surface area contributed by atoms with Gasteiger partial charge in [0, 0.05) is 16.2 Å². The molecule has 0 bridgehead atoms. The zero-order chi connectivity index (χ0) is 37.1. The molecule has 0 saturated heterocycles. The lowest BCUT2D eigenvalue weighted by Gasteiger charge is -2.21. The molecule has 1 nitrogen and oxygen atoms in total. The normalized spacial score (nSPS) is 13.3.